The lowest BCUT2D eigenvalue weighted by Crippen LogP contribution is -2.36. The number of amides is 1. The highest BCUT2D eigenvalue weighted by atomic mass is 16.3. The summed E-state index contributed by atoms with van der Waals surface area (Å²) in [5.74, 6) is 0.281. The average Bonchev–Trinajstić information content (AvgIpc) is 3.34. The van der Waals surface area contributed by atoms with Crippen molar-refractivity contribution in [3.05, 3.63) is 101 Å². The lowest BCUT2D eigenvalue weighted by Gasteiger charge is -2.31. The zero-order valence-corrected chi connectivity index (χ0v) is 20.7. The first-order valence-electron chi connectivity index (χ1n) is 12.5. The Balaban J connectivity index is 1.45. The maximum Gasteiger partial charge on any atom is 0.234 e. The van der Waals surface area contributed by atoms with Crippen LogP contribution in [0.5, 0.6) is 5.75 Å². The molecule has 1 atom stereocenters. The van der Waals surface area contributed by atoms with Gasteiger partial charge in [0.25, 0.3) is 0 Å². The van der Waals surface area contributed by atoms with Crippen LogP contribution in [0.15, 0.2) is 73.3 Å². The molecular formula is C29H31N5O2. The Morgan fingerprint density at radius 1 is 1.11 bits per heavy atom. The van der Waals surface area contributed by atoms with Crippen molar-refractivity contribution < 1.29 is 9.90 Å². The summed E-state index contributed by atoms with van der Waals surface area (Å²) in [7, 11) is 0. The van der Waals surface area contributed by atoms with Gasteiger partial charge in [0.1, 0.15) is 5.75 Å². The van der Waals surface area contributed by atoms with Gasteiger partial charge in [-0.1, -0.05) is 32.0 Å². The van der Waals surface area contributed by atoms with Gasteiger partial charge in [-0.3, -0.25) is 19.4 Å². The molecule has 36 heavy (non-hydrogen) atoms. The summed E-state index contributed by atoms with van der Waals surface area (Å²) in [5.41, 5.74) is 5.41. The largest absolute Gasteiger partial charge is 0.508 e. The number of anilines is 1. The third-order valence-corrected chi connectivity index (χ3v) is 6.80. The number of rotatable bonds is 7. The van der Waals surface area contributed by atoms with E-state index < -0.39 is 0 Å². The van der Waals surface area contributed by atoms with Crippen LogP contribution in [0.2, 0.25) is 0 Å². The molecule has 3 aromatic heterocycles. The first kappa shape index (κ1) is 23.7. The molecule has 0 bridgehead atoms. The number of fused-ring (bicyclic) bond motifs is 1. The Kier molecular flexibility index (Phi) is 6.80. The highest BCUT2D eigenvalue weighted by molar-refractivity contribution is 5.98. The molecule has 0 fully saturated rings. The van der Waals surface area contributed by atoms with Crippen molar-refractivity contribution in [2.75, 3.05) is 4.90 Å². The quantitative estimate of drug-likeness (QED) is 0.392. The molecule has 1 unspecified atom stereocenters. The molecule has 1 amide bonds. The fourth-order valence-electron chi connectivity index (χ4n) is 4.88. The molecule has 1 aliphatic carbocycles. The summed E-state index contributed by atoms with van der Waals surface area (Å²) in [6.45, 7) is 5.15. The van der Waals surface area contributed by atoms with Crippen molar-refractivity contribution in [2.45, 2.75) is 58.0 Å². The van der Waals surface area contributed by atoms with Crippen molar-refractivity contribution in [1.29, 1.82) is 0 Å². The molecule has 7 heteroatoms. The first-order valence-corrected chi connectivity index (χ1v) is 12.5. The van der Waals surface area contributed by atoms with E-state index in [0.717, 1.165) is 53.0 Å². The van der Waals surface area contributed by atoms with E-state index in [-0.39, 0.29) is 17.6 Å². The fraction of sp³-hybridized carbons (Fsp3) is 0.310. The number of aromatic nitrogens is 4. The second kappa shape index (κ2) is 10.3. The molecule has 0 radical (unpaired) electrons. The molecule has 3 heterocycles. The van der Waals surface area contributed by atoms with Crippen molar-refractivity contribution in [3.63, 3.8) is 0 Å². The lowest BCUT2D eigenvalue weighted by atomic mass is 9.81. The molecule has 0 spiro atoms. The van der Waals surface area contributed by atoms with Gasteiger partial charge < -0.3 is 10.0 Å². The van der Waals surface area contributed by atoms with E-state index in [2.05, 4.69) is 28.9 Å². The second-order valence-corrected chi connectivity index (χ2v) is 9.68. The zero-order chi connectivity index (χ0) is 25.1. The Labute approximate surface area is 211 Å². The van der Waals surface area contributed by atoms with Crippen LogP contribution in [-0.2, 0) is 24.3 Å². The number of benzene rings is 1. The monoisotopic (exact) mass is 481 g/mol. The van der Waals surface area contributed by atoms with Crippen LogP contribution >= 0.6 is 0 Å². The minimum absolute atomic E-state index is 0.0122. The summed E-state index contributed by atoms with van der Waals surface area (Å²) in [5, 5.41) is 14.9. The standard InChI is InChI=1S/C29H31N5O2/c1-20(2)27-13-12-23(16-31-27)34(18-21-15-32-33(17-21)19-22-7-3-4-14-30-22)29(36)26-10-5-9-25-24(26)8-6-11-28(25)35/h3-4,6-8,11-17,20,26,35H,5,9-10,18-19H2,1-2H3. The Morgan fingerprint density at radius 2 is 2.00 bits per heavy atom. The van der Waals surface area contributed by atoms with Crippen molar-refractivity contribution in [2.24, 2.45) is 0 Å². The maximum absolute atomic E-state index is 14.1. The van der Waals surface area contributed by atoms with Gasteiger partial charge in [0.2, 0.25) is 5.91 Å². The number of carbonyl (C=O) groups is 1. The molecular weight excluding hydrogens is 450 g/mol. The van der Waals surface area contributed by atoms with Crippen LogP contribution in [-0.4, -0.2) is 30.8 Å². The van der Waals surface area contributed by atoms with E-state index in [1.807, 2.05) is 58.2 Å². The van der Waals surface area contributed by atoms with E-state index in [1.165, 1.54) is 0 Å². The predicted molar refractivity (Wildman–Crippen MR) is 139 cm³/mol. The molecule has 1 N–H and O–H groups in total. The van der Waals surface area contributed by atoms with Crippen molar-refractivity contribution in [3.8, 4) is 5.75 Å². The Bertz CT molecular complexity index is 1330. The Hall–Kier alpha value is -4.00. The summed E-state index contributed by atoms with van der Waals surface area (Å²) < 4.78 is 1.84. The van der Waals surface area contributed by atoms with Gasteiger partial charge in [-0.15, -0.1) is 0 Å². The average molecular weight is 482 g/mol. The van der Waals surface area contributed by atoms with Gasteiger partial charge in [-0.05, 0) is 66.6 Å². The number of hydrogen-bond acceptors (Lipinski definition) is 5. The second-order valence-electron chi connectivity index (χ2n) is 9.68. The fourth-order valence-corrected chi connectivity index (χ4v) is 4.88. The molecule has 0 aliphatic heterocycles. The molecule has 7 nitrogen and oxygen atoms in total. The smallest absolute Gasteiger partial charge is 0.234 e. The number of phenols is 1. The van der Waals surface area contributed by atoms with E-state index in [1.54, 1.807) is 24.7 Å². The van der Waals surface area contributed by atoms with Gasteiger partial charge in [0, 0.05) is 23.7 Å². The lowest BCUT2D eigenvalue weighted by molar-refractivity contribution is -0.120. The minimum atomic E-state index is -0.311. The Morgan fingerprint density at radius 3 is 2.75 bits per heavy atom. The molecule has 184 valence electrons. The van der Waals surface area contributed by atoms with Crippen LogP contribution in [0.25, 0.3) is 0 Å². The van der Waals surface area contributed by atoms with Crippen LogP contribution in [0, 0.1) is 0 Å². The van der Waals surface area contributed by atoms with Gasteiger partial charge >= 0.3 is 0 Å². The number of nitrogens with zero attached hydrogens (tertiary/aromatic N) is 5. The summed E-state index contributed by atoms with van der Waals surface area (Å²) in [6.07, 6.45) is 9.73. The molecule has 1 aliphatic rings. The molecule has 1 aromatic carbocycles. The number of phenolic OH excluding ortho intramolecular Hbond substituents is 1. The highest BCUT2D eigenvalue weighted by Gasteiger charge is 2.32. The molecule has 4 aromatic rings. The number of carbonyl (C=O) groups excluding carboxylic acids is 1. The zero-order valence-electron chi connectivity index (χ0n) is 20.7. The SMILES string of the molecule is CC(C)c1ccc(N(Cc2cnn(Cc3ccccn3)c2)C(=O)C2CCCc3c(O)cccc32)cn1. The normalized spacial score (nSPS) is 15.0. The number of aromatic hydroxyl groups is 1. The summed E-state index contributed by atoms with van der Waals surface area (Å²) in [4.78, 5) is 24.9. The summed E-state index contributed by atoms with van der Waals surface area (Å²) >= 11 is 0. The molecule has 5 rings (SSSR count). The third kappa shape index (κ3) is 5.00. The number of pyridine rings is 2. The van der Waals surface area contributed by atoms with Gasteiger partial charge in [-0.25, -0.2) is 0 Å². The van der Waals surface area contributed by atoms with Crippen LogP contribution < -0.4 is 4.90 Å². The third-order valence-electron chi connectivity index (χ3n) is 6.80. The first-order chi connectivity index (χ1) is 17.5. The van der Waals surface area contributed by atoms with Crippen molar-refractivity contribution in [1.82, 2.24) is 19.7 Å². The van der Waals surface area contributed by atoms with E-state index in [4.69, 9.17) is 0 Å². The number of hydrogen-bond donors (Lipinski definition) is 1. The van der Waals surface area contributed by atoms with Crippen molar-refractivity contribution >= 4 is 11.6 Å². The predicted octanol–water partition coefficient (Wildman–Crippen LogP) is 5.20. The molecule has 0 saturated heterocycles. The highest BCUT2D eigenvalue weighted by Crippen LogP contribution is 2.38. The van der Waals surface area contributed by atoms with Gasteiger partial charge in [-0.2, -0.15) is 5.10 Å². The van der Waals surface area contributed by atoms with Gasteiger partial charge in [0.05, 0.1) is 42.8 Å². The maximum atomic E-state index is 14.1. The van der Waals surface area contributed by atoms with E-state index in [9.17, 15) is 9.90 Å². The molecule has 0 saturated carbocycles. The van der Waals surface area contributed by atoms with Gasteiger partial charge in [0.15, 0.2) is 0 Å². The van der Waals surface area contributed by atoms with Crippen LogP contribution in [0.3, 0.4) is 0 Å². The van der Waals surface area contributed by atoms with Crippen LogP contribution in [0.1, 0.15) is 66.6 Å². The summed E-state index contributed by atoms with van der Waals surface area (Å²) in [6, 6.07) is 15.3. The minimum Gasteiger partial charge on any atom is -0.508 e. The van der Waals surface area contributed by atoms with E-state index in [0.29, 0.717) is 19.0 Å². The van der Waals surface area contributed by atoms with E-state index >= 15 is 0 Å². The van der Waals surface area contributed by atoms with Crippen LogP contribution in [0.4, 0.5) is 5.69 Å². The topological polar surface area (TPSA) is 84.1 Å².